The molecule has 1 aliphatic rings. The Hall–Kier alpha value is -1.28. The minimum Gasteiger partial charge on any atom is -0.357 e. The lowest BCUT2D eigenvalue weighted by Crippen LogP contribution is -2.27. The van der Waals surface area contributed by atoms with Crippen LogP contribution < -0.4 is 5.32 Å². The molecule has 0 saturated carbocycles. The van der Waals surface area contributed by atoms with Crippen LogP contribution in [0.3, 0.4) is 0 Å². The van der Waals surface area contributed by atoms with Gasteiger partial charge in [0.25, 0.3) is 0 Å². The van der Waals surface area contributed by atoms with E-state index in [1.807, 2.05) is 0 Å². The molecule has 0 radical (unpaired) electrons. The summed E-state index contributed by atoms with van der Waals surface area (Å²) in [6.45, 7) is 5.53. The first-order valence-electron chi connectivity index (χ1n) is 6.58. The molecule has 1 saturated heterocycles. The normalized spacial score (nSPS) is 20.9. The number of H-pyrrole nitrogens is 1. The molecule has 1 aliphatic heterocycles. The lowest BCUT2D eigenvalue weighted by atomic mass is 9.99. The number of hydrogen-bond acceptors (Lipinski definition) is 1. The van der Waals surface area contributed by atoms with Crippen LogP contribution in [0.4, 0.5) is 0 Å². The lowest BCUT2D eigenvalue weighted by molar-refractivity contribution is 0.405. The van der Waals surface area contributed by atoms with Crippen molar-refractivity contribution in [3.05, 3.63) is 35.0 Å². The fourth-order valence-electron chi connectivity index (χ4n) is 2.92. The third-order valence-corrected chi connectivity index (χ3v) is 3.91. The second-order valence-corrected chi connectivity index (χ2v) is 5.22. The van der Waals surface area contributed by atoms with Gasteiger partial charge in [0.1, 0.15) is 0 Å². The lowest BCUT2D eigenvalue weighted by Gasteiger charge is -2.23. The first-order chi connectivity index (χ1) is 8.25. The Balaban J connectivity index is 2.07. The summed E-state index contributed by atoms with van der Waals surface area (Å²) in [5.41, 5.74) is 5.41. The van der Waals surface area contributed by atoms with Crippen molar-refractivity contribution in [3.63, 3.8) is 0 Å². The summed E-state index contributed by atoms with van der Waals surface area (Å²) in [4.78, 5) is 3.61. The predicted molar refractivity (Wildman–Crippen MR) is 72.4 cm³/mol. The van der Waals surface area contributed by atoms with Crippen molar-refractivity contribution in [2.24, 2.45) is 0 Å². The molecule has 1 aromatic heterocycles. The Bertz CT molecular complexity index is 533. The van der Waals surface area contributed by atoms with E-state index in [2.05, 4.69) is 42.3 Å². The summed E-state index contributed by atoms with van der Waals surface area (Å²) in [7, 11) is 0. The van der Waals surface area contributed by atoms with Crippen LogP contribution in [0.25, 0.3) is 10.9 Å². The number of piperidine rings is 1. The smallest absolute Gasteiger partial charge is 0.0475 e. The minimum absolute atomic E-state index is 0.524. The molecule has 0 spiro atoms. The molecule has 0 aliphatic carbocycles. The standard InChI is InChI=1S/C15H20N2/c1-10-6-7-12-11(2)15(17-14(12)9-10)13-5-3-4-8-16-13/h6-7,9,13,16-17H,3-5,8H2,1-2H3. The molecule has 2 N–H and O–H groups in total. The summed E-state index contributed by atoms with van der Waals surface area (Å²) >= 11 is 0. The van der Waals surface area contributed by atoms with Crippen molar-refractivity contribution in [1.82, 2.24) is 10.3 Å². The van der Waals surface area contributed by atoms with E-state index in [9.17, 15) is 0 Å². The molecule has 1 atom stereocenters. The van der Waals surface area contributed by atoms with Crippen molar-refractivity contribution in [1.29, 1.82) is 0 Å². The van der Waals surface area contributed by atoms with Crippen molar-refractivity contribution in [3.8, 4) is 0 Å². The number of nitrogens with one attached hydrogen (secondary N) is 2. The van der Waals surface area contributed by atoms with Crippen LogP contribution in [0, 0.1) is 13.8 Å². The molecule has 1 fully saturated rings. The predicted octanol–water partition coefficient (Wildman–Crippen LogP) is 3.60. The van der Waals surface area contributed by atoms with Crippen LogP contribution in [0.2, 0.25) is 0 Å². The van der Waals surface area contributed by atoms with Gasteiger partial charge >= 0.3 is 0 Å². The van der Waals surface area contributed by atoms with E-state index in [-0.39, 0.29) is 0 Å². The molecule has 2 heteroatoms. The van der Waals surface area contributed by atoms with E-state index < -0.39 is 0 Å². The summed E-state index contributed by atoms with van der Waals surface area (Å²) in [6, 6.07) is 7.20. The number of aromatic amines is 1. The fraction of sp³-hybridized carbons (Fsp3) is 0.467. The summed E-state index contributed by atoms with van der Waals surface area (Å²) < 4.78 is 0. The van der Waals surface area contributed by atoms with Crippen LogP contribution in [0.15, 0.2) is 18.2 Å². The number of fused-ring (bicyclic) bond motifs is 1. The first kappa shape index (κ1) is 10.8. The van der Waals surface area contributed by atoms with E-state index in [1.165, 1.54) is 47.0 Å². The molecule has 1 aromatic carbocycles. The van der Waals surface area contributed by atoms with Gasteiger partial charge in [-0.2, -0.15) is 0 Å². The van der Waals surface area contributed by atoms with Gasteiger partial charge in [-0.1, -0.05) is 18.6 Å². The summed E-state index contributed by atoms with van der Waals surface area (Å²) in [6.07, 6.45) is 3.91. The molecule has 90 valence electrons. The Kier molecular flexibility index (Phi) is 2.67. The minimum atomic E-state index is 0.524. The van der Waals surface area contributed by atoms with Gasteiger partial charge in [-0.05, 0) is 50.4 Å². The number of benzene rings is 1. The zero-order chi connectivity index (χ0) is 11.8. The fourth-order valence-corrected chi connectivity index (χ4v) is 2.92. The van der Waals surface area contributed by atoms with Crippen molar-refractivity contribution < 1.29 is 0 Å². The first-order valence-corrected chi connectivity index (χ1v) is 6.58. The quantitative estimate of drug-likeness (QED) is 0.767. The van der Waals surface area contributed by atoms with Gasteiger partial charge < -0.3 is 10.3 Å². The number of aromatic nitrogens is 1. The van der Waals surface area contributed by atoms with Crippen LogP contribution in [-0.2, 0) is 0 Å². The molecular weight excluding hydrogens is 208 g/mol. The highest BCUT2D eigenvalue weighted by atomic mass is 15.0. The van der Waals surface area contributed by atoms with Crippen molar-refractivity contribution >= 4 is 10.9 Å². The maximum absolute atomic E-state index is 3.62. The Morgan fingerprint density at radius 1 is 1.18 bits per heavy atom. The summed E-state index contributed by atoms with van der Waals surface area (Å²) in [5, 5.41) is 4.99. The topological polar surface area (TPSA) is 27.8 Å². The number of hydrogen-bond donors (Lipinski definition) is 2. The van der Waals surface area contributed by atoms with Gasteiger partial charge in [0.15, 0.2) is 0 Å². The van der Waals surface area contributed by atoms with E-state index in [0.29, 0.717) is 6.04 Å². The highest BCUT2D eigenvalue weighted by Gasteiger charge is 2.19. The largest absolute Gasteiger partial charge is 0.357 e. The van der Waals surface area contributed by atoms with Crippen LogP contribution in [-0.4, -0.2) is 11.5 Å². The monoisotopic (exact) mass is 228 g/mol. The van der Waals surface area contributed by atoms with Gasteiger partial charge in [0, 0.05) is 22.6 Å². The SMILES string of the molecule is Cc1ccc2c(C)c(C3CCCCN3)[nH]c2c1. The van der Waals surface area contributed by atoms with E-state index in [1.54, 1.807) is 0 Å². The average molecular weight is 228 g/mol. The molecule has 0 bridgehead atoms. The van der Waals surface area contributed by atoms with Gasteiger partial charge in [-0.25, -0.2) is 0 Å². The van der Waals surface area contributed by atoms with Crippen molar-refractivity contribution in [2.75, 3.05) is 6.54 Å². The van der Waals surface area contributed by atoms with Gasteiger partial charge in [0.2, 0.25) is 0 Å². The molecule has 2 heterocycles. The third-order valence-electron chi connectivity index (χ3n) is 3.91. The van der Waals surface area contributed by atoms with Gasteiger partial charge in [0.05, 0.1) is 0 Å². The summed E-state index contributed by atoms with van der Waals surface area (Å²) in [5.74, 6) is 0. The maximum atomic E-state index is 3.62. The number of rotatable bonds is 1. The van der Waals surface area contributed by atoms with Crippen LogP contribution in [0.5, 0.6) is 0 Å². The average Bonchev–Trinajstić information content (AvgIpc) is 2.67. The molecular formula is C15H20N2. The second kappa shape index (κ2) is 4.19. The van der Waals surface area contributed by atoms with E-state index >= 15 is 0 Å². The highest BCUT2D eigenvalue weighted by molar-refractivity contribution is 5.85. The Labute approximate surface area is 102 Å². The zero-order valence-corrected chi connectivity index (χ0v) is 10.6. The van der Waals surface area contributed by atoms with E-state index in [4.69, 9.17) is 0 Å². The zero-order valence-electron chi connectivity index (χ0n) is 10.6. The third kappa shape index (κ3) is 1.87. The highest BCUT2D eigenvalue weighted by Crippen LogP contribution is 2.30. The Morgan fingerprint density at radius 2 is 2.06 bits per heavy atom. The molecule has 1 unspecified atom stereocenters. The van der Waals surface area contributed by atoms with Crippen LogP contribution >= 0.6 is 0 Å². The Morgan fingerprint density at radius 3 is 2.82 bits per heavy atom. The molecule has 2 nitrogen and oxygen atoms in total. The molecule has 17 heavy (non-hydrogen) atoms. The van der Waals surface area contributed by atoms with Crippen LogP contribution in [0.1, 0.15) is 42.1 Å². The molecule has 3 rings (SSSR count). The van der Waals surface area contributed by atoms with E-state index in [0.717, 1.165) is 6.54 Å². The van der Waals surface area contributed by atoms with Gasteiger partial charge in [-0.15, -0.1) is 0 Å². The maximum Gasteiger partial charge on any atom is 0.0475 e. The number of aryl methyl sites for hydroxylation is 2. The molecule has 2 aromatic rings. The molecule has 0 amide bonds. The second-order valence-electron chi connectivity index (χ2n) is 5.22. The van der Waals surface area contributed by atoms with Crippen molar-refractivity contribution in [2.45, 2.75) is 39.2 Å². The van der Waals surface area contributed by atoms with Gasteiger partial charge in [-0.3, -0.25) is 0 Å².